The molecule has 2 atom stereocenters. The van der Waals surface area contributed by atoms with Crippen molar-refractivity contribution < 1.29 is 24.2 Å². The van der Waals surface area contributed by atoms with Crippen LogP contribution in [0.15, 0.2) is 18.2 Å². The average Bonchev–Trinajstić information content (AvgIpc) is 2.35. The summed E-state index contributed by atoms with van der Waals surface area (Å²) in [6.07, 6.45) is -1.73. The summed E-state index contributed by atoms with van der Waals surface area (Å²) in [5.41, 5.74) is -0.106. The number of methoxy groups -OCH3 is 2. The van der Waals surface area contributed by atoms with E-state index in [1.54, 1.807) is 0 Å². The Morgan fingerprint density at radius 1 is 1.33 bits per heavy atom. The molecule has 18 heavy (non-hydrogen) atoms. The molecule has 0 aromatic heterocycles. The van der Waals surface area contributed by atoms with Gasteiger partial charge in [0, 0.05) is 13.2 Å². The molecule has 0 bridgehead atoms. The molecule has 1 N–H and O–H groups in total. The number of non-ortho nitro benzene ring substituents is 1. The molecular formula is C11H15NO6. The smallest absolute Gasteiger partial charge is 0.273 e. The van der Waals surface area contributed by atoms with Gasteiger partial charge in [-0.3, -0.25) is 10.1 Å². The summed E-state index contributed by atoms with van der Waals surface area (Å²) in [5, 5.41) is 20.0. The fraction of sp³-hybridized carbons (Fsp3) is 0.455. The zero-order valence-electron chi connectivity index (χ0n) is 10.3. The van der Waals surface area contributed by atoms with Gasteiger partial charge in [-0.25, -0.2) is 0 Å². The van der Waals surface area contributed by atoms with E-state index in [0.29, 0.717) is 0 Å². The highest BCUT2D eigenvalue weighted by atomic mass is 16.7. The molecule has 0 radical (unpaired) electrons. The van der Waals surface area contributed by atoms with E-state index in [4.69, 9.17) is 14.2 Å². The lowest BCUT2D eigenvalue weighted by molar-refractivity contribution is -0.385. The molecule has 0 aliphatic rings. The van der Waals surface area contributed by atoms with Crippen molar-refractivity contribution in [2.45, 2.75) is 19.3 Å². The Bertz CT molecular complexity index is 420. The number of hydrogen-bond donors (Lipinski definition) is 1. The van der Waals surface area contributed by atoms with Gasteiger partial charge in [0.15, 0.2) is 11.5 Å². The van der Waals surface area contributed by atoms with Crippen molar-refractivity contribution in [2.75, 3.05) is 14.2 Å². The first-order valence-electron chi connectivity index (χ1n) is 5.19. The first-order valence-corrected chi connectivity index (χ1v) is 5.19. The Morgan fingerprint density at radius 3 is 2.44 bits per heavy atom. The fourth-order valence-electron chi connectivity index (χ4n) is 1.34. The lowest BCUT2D eigenvalue weighted by Gasteiger charge is -2.20. The van der Waals surface area contributed by atoms with Gasteiger partial charge in [0.05, 0.1) is 18.1 Å². The van der Waals surface area contributed by atoms with Crippen LogP contribution in [0.25, 0.3) is 0 Å². The SMILES string of the molecule is COc1cc([N+](=O)[O-])ccc1OC(OC)C(C)O. The number of hydrogen-bond acceptors (Lipinski definition) is 6. The van der Waals surface area contributed by atoms with E-state index >= 15 is 0 Å². The van der Waals surface area contributed by atoms with Crippen molar-refractivity contribution in [2.24, 2.45) is 0 Å². The lowest BCUT2D eigenvalue weighted by Crippen LogP contribution is -2.31. The third-order valence-corrected chi connectivity index (χ3v) is 2.23. The van der Waals surface area contributed by atoms with Gasteiger partial charge in [-0.2, -0.15) is 0 Å². The second-order valence-electron chi connectivity index (χ2n) is 3.55. The zero-order chi connectivity index (χ0) is 13.7. The van der Waals surface area contributed by atoms with Crippen molar-refractivity contribution in [1.29, 1.82) is 0 Å². The van der Waals surface area contributed by atoms with Crippen LogP contribution in [0.2, 0.25) is 0 Å². The molecule has 1 aromatic carbocycles. The molecule has 1 aromatic rings. The van der Waals surface area contributed by atoms with Crippen LogP contribution in [0.3, 0.4) is 0 Å². The number of benzene rings is 1. The highest BCUT2D eigenvalue weighted by molar-refractivity contribution is 5.48. The molecule has 7 heteroatoms. The van der Waals surface area contributed by atoms with E-state index < -0.39 is 17.3 Å². The van der Waals surface area contributed by atoms with E-state index in [1.807, 2.05) is 0 Å². The largest absolute Gasteiger partial charge is 0.493 e. The van der Waals surface area contributed by atoms with E-state index in [-0.39, 0.29) is 17.2 Å². The van der Waals surface area contributed by atoms with Gasteiger partial charge >= 0.3 is 0 Å². The second-order valence-corrected chi connectivity index (χ2v) is 3.55. The van der Waals surface area contributed by atoms with E-state index in [9.17, 15) is 15.2 Å². The maximum Gasteiger partial charge on any atom is 0.273 e. The van der Waals surface area contributed by atoms with Gasteiger partial charge in [-0.05, 0) is 13.0 Å². The van der Waals surface area contributed by atoms with Gasteiger partial charge in [0.25, 0.3) is 5.69 Å². The number of rotatable bonds is 6. The van der Waals surface area contributed by atoms with E-state index in [2.05, 4.69) is 0 Å². The molecule has 100 valence electrons. The highest BCUT2D eigenvalue weighted by Crippen LogP contribution is 2.32. The van der Waals surface area contributed by atoms with Crippen LogP contribution in [-0.4, -0.2) is 36.6 Å². The van der Waals surface area contributed by atoms with Crippen LogP contribution in [0.4, 0.5) is 5.69 Å². The first-order chi connectivity index (χ1) is 8.49. The minimum absolute atomic E-state index is 0.106. The number of nitrogens with zero attached hydrogens (tertiary/aromatic N) is 1. The van der Waals surface area contributed by atoms with Crippen LogP contribution in [0.5, 0.6) is 11.5 Å². The molecular weight excluding hydrogens is 242 g/mol. The number of aliphatic hydroxyl groups excluding tert-OH is 1. The average molecular weight is 257 g/mol. The number of ether oxygens (including phenoxy) is 3. The monoisotopic (exact) mass is 257 g/mol. The summed E-state index contributed by atoms with van der Waals surface area (Å²) in [5.74, 6) is 0.461. The molecule has 0 aliphatic carbocycles. The Labute approximate surface area is 104 Å². The fourth-order valence-corrected chi connectivity index (χ4v) is 1.34. The van der Waals surface area contributed by atoms with Crippen LogP contribution >= 0.6 is 0 Å². The van der Waals surface area contributed by atoms with Gasteiger partial charge in [-0.15, -0.1) is 0 Å². The van der Waals surface area contributed by atoms with Crippen LogP contribution in [0.1, 0.15) is 6.92 Å². The summed E-state index contributed by atoms with van der Waals surface area (Å²) in [6, 6.07) is 3.92. The Balaban J connectivity index is 2.98. The summed E-state index contributed by atoms with van der Waals surface area (Å²) < 4.78 is 15.3. The van der Waals surface area contributed by atoms with Crippen LogP contribution < -0.4 is 9.47 Å². The summed E-state index contributed by atoms with van der Waals surface area (Å²) >= 11 is 0. The van der Waals surface area contributed by atoms with Gasteiger partial charge in [0.1, 0.15) is 6.10 Å². The molecule has 0 heterocycles. The van der Waals surface area contributed by atoms with Crippen molar-refractivity contribution in [3.63, 3.8) is 0 Å². The standard InChI is InChI=1S/C11H15NO6/c1-7(13)11(17-3)18-9-5-4-8(12(14)15)6-10(9)16-2/h4-7,11,13H,1-3H3. The maximum absolute atomic E-state index is 10.6. The first kappa shape index (κ1) is 14.2. The topological polar surface area (TPSA) is 91.1 Å². The Hall–Kier alpha value is -1.86. The number of aliphatic hydroxyl groups is 1. The molecule has 0 fully saturated rings. The molecule has 0 saturated heterocycles. The minimum atomic E-state index is -0.875. The van der Waals surface area contributed by atoms with E-state index in [0.717, 1.165) is 0 Å². The second kappa shape index (κ2) is 6.18. The Kier molecular flexibility index (Phi) is 4.87. The maximum atomic E-state index is 10.6. The molecule has 1 rings (SSSR count). The lowest BCUT2D eigenvalue weighted by atomic mass is 10.3. The number of nitro groups is 1. The van der Waals surface area contributed by atoms with Gasteiger partial charge < -0.3 is 19.3 Å². The molecule has 7 nitrogen and oxygen atoms in total. The minimum Gasteiger partial charge on any atom is -0.493 e. The quantitative estimate of drug-likeness (QED) is 0.469. The molecule has 0 spiro atoms. The molecule has 0 saturated carbocycles. The van der Waals surface area contributed by atoms with Crippen LogP contribution in [0, 0.1) is 10.1 Å². The highest BCUT2D eigenvalue weighted by Gasteiger charge is 2.19. The molecule has 0 amide bonds. The van der Waals surface area contributed by atoms with Crippen molar-refractivity contribution in [1.82, 2.24) is 0 Å². The molecule has 2 unspecified atom stereocenters. The zero-order valence-corrected chi connectivity index (χ0v) is 10.3. The van der Waals surface area contributed by atoms with Crippen molar-refractivity contribution in [3.05, 3.63) is 28.3 Å². The predicted molar refractivity (Wildman–Crippen MR) is 62.8 cm³/mol. The Morgan fingerprint density at radius 2 is 2.00 bits per heavy atom. The summed E-state index contributed by atoms with van der Waals surface area (Å²) in [4.78, 5) is 10.1. The summed E-state index contributed by atoms with van der Waals surface area (Å²) in [6.45, 7) is 1.51. The number of nitro benzene ring substituents is 1. The van der Waals surface area contributed by atoms with Gasteiger partial charge in [0.2, 0.25) is 6.29 Å². The third-order valence-electron chi connectivity index (χ3n) is 2.23. The van der Waals surface area contributed by atoms with E-state index in [1.165, 1.54) is 39.3 Å². The summed E-state index contributed by atoms with van der Waals surface area (Å²) in [7, 11) is 2.76. The predicted octanol–water partition coefficient (Wildman–Crippen LogP) is 1.34. The molecule has 0 aliphatic heterocycles. The van der Waals surface area contributed by atoms with Gasteiger partial charge in [-0.1, -0.05) is 0 Å². The van der Waals surface area contributed by atoms with Crippen LogP contribution in [-0.2, 0) is 4.74 Å². The van der Waals surface area contributed by atoms with Crippen molar-refractivity contribution >= 4 is 5.69 Å². The normalized spacial score (nSPS) is 13.8. The van der Waals surface area contributed by atoms with Crippen molar-refractivity contribution in [3.8, 4) is 11.5 Å². The third kappa shape index (κ3) is 3.31.